The Morgan fingerprint density at radius 1 is 1.09 bits per heavy atom. The maximum absolute atomic E-state index is 12.6. The number of amides is 1. The molecule has 1 fully saturated rings. The molecule has 3 aromatic rings. The maximum Gasteiger partial charge on any atom is 0.291 e. The van der Waals surface area contributed by atoms with E-state index in [-0.39, 0.29) is 21.9 Å². The van der Waals surface area contributed by atoms with E-state index in [0.717, 1.165) is 15.9 Å². The van der Waals surface area contributed by atoms with Crippen LogP contribution in [0.2, 0.25) is 15.1 Å². The molecule has 1 saturated heterocycles. The highest BCUT2D eigenvalue weighted by molar-refractivity contribution is 6.41. The van der Waals surface area contributed by atoms with Crippen LogP contribution in [-0.2, 0) is 4.79 Å². The molecule has 0 spiro atoms. The third-order valence-corrected chi connectivity index (χ3v) is 6.48. The molecule has 2 aromatic heterocycles. The molecule has 1 N–H and O–H groups in total. The number of pyridine rings is 1. The number of hydrogen-bond donors (Lipinski definition) is 1. The molecular weight excluding hydrogens is 473 g/mol. The minimum absolute atomic E-state index is 0.0192. The van der Waals surface area contributed by atoms with Gasteiger partial charge < -0.3 is 10.2 Å². The summed E-state index contributed by atoms with van der Waals surface area (Å²) < 4.78 is 1.15. The molecule has 1 aliphatic heterocycles. The number of hydrogen-bond acceptors (Lipinski definition) is 5. The van der Waals surface area contributed by atoms with Crippen LogP contribution in [0.4, 0.5) is 11.5 Å². The van der Waals surface area contributed by atoms with Crippen LogP contribution in [-0.4, -0.2) is 33.8 Å². The van der Waals surface area contributed by atoms with Gasteiger partial charge in [-0.15, -0.1) is 0 Å². The summed E-state index contributed by atoms with van der Waals surface area (Å²) in [5.41, 5.74) is 1.85. The molecule has 3 heterocycles. The first-order valence-electron chi connectivity index (χ1n) is 10.0. The molecule has 10 heteroatoms. The molecule has 32 heavy (non-hydrogen) atoms. The third-order valence-electron chi connectivity index (χ3n) is 5.43. The van der Waals surface area contributed by atoms with Crippen molar-refractivity contribution in [2.45, 2.75) is 19.8 Å². The quantitative estimate of drug-likeness (QED) is 0.568. The Bertz CT molecular complexity index is 1220. The van der Waals surface area contributed by atoms with Crippen LogP contribution in [0.25, 0.3) is 5.69 Å². The number of nitrogens with zero attached hydrogens (tertiary/aromatic N) is 4. The molecule has 0 unspecified atom stereocenters. The zero-order valence-electron chi connectivity index (χ0n) is 17.2. The molecule has 0 aliphatic carbocycles. The fourth-order valence-electron chi connectivity index (χ4n) is 3.70. The van der Waals surface area contributed by atoms with Crippen molar-refractivity contribution in [1.82, 2.24) is 14.8 Å². The van der Waals surface area contributed by atoms with Crippen molar-refractivity contribution < 1.29 is 4.79 Å². The second kappa shape index (κ2) is 9.48. The number of nitrogens with one attached hydrogen (secondary N) is 1. The van der Waals surface area contributed by atoms with Gasteiger partial charge in [-0.2, -0.15) is 9.78 Å². The number of carbonyl (C=O) groups is 1. The van der Waals surface area contributed by atoms with E-state index in [1.807, 2.05) is 25.1 Å². The minimum Gasteiger partial charge on any atom is -0.370 e. The van der Waals surface area contributed by atoms with Gasteiger partial charge in [-0.1, -0.05) is 34.8 Å². The van der Waals surface area contributed by atoms with E-state index in [1.54, 1.807) is 18.3 Å². The molecule has 7 nitrogen and oxygen atoms in total. The fraction of sp³-hybridized carbons (Fsp3) is 0.273. The molecule has 1 aliphatic rings. The van der Waals surface area contributed by atoms with E-state index in [2.05, 4.69) is 20.3 Å². The van der Waals surface area contributed by atoms with Crippen LogP contribution in [0.3, 0.4) is 0 Å². The SMILES string of the molecule is Cc1ccnc(NC(=O)C2CCN(c3ccc(-n4ncc(Cl)c(Cl)c4=O)cc3Cl)CC2)c1. The van der Waals surface area contributed by atoms with Gasteiger partial charge in [0.1, 0.15) is 10.8 Å². The average molecular weight is 493 g/mol. The van der Waals surface area contributed by atoms with Crippen LogP contribution in [0.15, 0.2) is 47.5 Å². The lowest BCUT2D eigenvalue weighted by Crippen LogP contribution is -2.38. The number of rotatable bonds is 4. The van der Waals surface area contributed by atoms with Crippen LogP contribution < -0.4 is 15.8 Å². The van der Waals surface area contributed by atoms with E-state index in [9.17, 15) is 9.59 Å². The highest BCUT2D eigenvalue weighted by Gasteiger charge is 2.26. The minimum atomic E-state index is -0.516. The summed E-state index contributed by atoms with van der Waals surface area (Å²) >= 11 is 18.3. The summed E-state index contributed by atoms with van der Waals surface area (Å²) in [6.07, 6.45) is 4.39. The predicted molar refractivity (Wildman–Crippen MR) is 127 cm³/mol. The van der Waals surface area contributed by atoms with Crippen LogP contribution in [0.1, 0.15) is 18.4 Å². The number of anilines is 2. The first-order chi connectivity index (χ1) is 15.3. The normalized spacial score (nSPS) is 14.4. The Hall–Kier alpha value is -2.61. The Balaban J connectivity index is 1.43. The largest absolute Gasteiger partial charge is 0.370 e. The monoisotopic (exact) mass is 491 g/mol. The third kappa shape index (κ3) is 4.75. The predicted octanol–water partition coefficient (Wildman–Crippen LogP) is 4.75. The van der Waals surface area contributed by atoms with Crippen LogP contribution >= 0.6 is 34.8 Å². The Morgan fingerprint density at radius 3 is 2.53 bits per heavy atom. The molecule has 4 rings (SSSR count). The van der Waals surface area contributed by atoms with Crippen molar-refractivity contribution in [3.05, 3.63) is 73.7 Å². The van der Waals surface area contributed by atoms with Crippen LogP contribution in [0, 0.1) is 12.8 Å². The van der Waals surface area contributed by atoms with Gasteiger partial charge in [-0.05, 0) is 55.7 Å². The summed E-state index contributed by atoms with van der Waals surface area (Å²) in [6, 6.07) is 8.99. The van der Waals surface area contributed by atoms with Gasteiger partial charge in [0.2, 0.25) is 5.91 Å². The summed E-state index contributed by atoms with van der Waals surface area (Å²) in [7, 11) is 0. The maximum atomic E-state index is 12.6. The number of carbonyl (C=O) groups excluding carboxylic acids is 1. The number of aryl methyl sites for hydroxylation is 1. The van der Waals surface area contributed by atoms with E-state index in [1.165, 1.54) is 6.20 Å². The van der Waals surface area contributed by atoms with E-state index < -0.39 is 5.56 Å². The van der Waals surface area contributed by atoms with Crippen molar-refractivity contribution in [2.24, 2.45) is 5.92 Å². The topological polar surface area (TPSA) is 80.1 Å². The van der Waals surface area contributed by atoms with Gasteiger partial charge >= 0.3 is 0 Å². The second-order valence-electron chi connectivity index (χ2n) is 7.63. The average Bonchev–Trinajstić information content (AvgIpc) is 2.78. The van der Waals surface area contributed by atoms with Crippen molar-refractivity contribution in [2.75, 3.05) is 23.3 Å². The fourth-order valence-corrected chi connectivity index (χ4v) is 4.24. The van der Waals surface area contributed by atoms with E-state index in [0.29, 0.717) is 42.5 Å². The van der Waals surface area contributed by atoms with Crippen molar-refractivity contribution >= 4 is 52.2 Å². The lowest BCUT2D eigenvalue weighted by molar-refractivity contribution is -0.120. The smallest absolute Gasteiger partial charge is 0.291 e. The number of halogens is 3. The molecule has 1 aromatic carbocycles. The van der Waals surface area contributed by atoms with Crippen molar-refractivity contribution in [1.29, 1.82) is 0 Å². The van der Waals surface area contributed by atoms with Crippen LogP contribution in [0.5, 0.6) is 0 Å². The first-order valence-corrected chi connectivity index (χ1v) is 11.2. The lowest BCUT2D eigenvalue weighted by Gasteiger charge is -2.33. The molecule has 1 amide bonds. The molecule has 0 bridgehead atoms. The summed E-state index contributed by atoms with van der Waals surface area (Å²) in [5, 5.41) is 7.42. The van der Waals surface area contributed by atoms with Crippen molar-refractivity contribution in [3.8, 4) is 5.69 Å². The molecule has 0 atom stereocenters. The molecule has 0 saturated carbocycles. The number of benzene rings is 1. The van der Waals surface area contributed by atoms with Gasteiger partial charge in [-0.3, -0.25) is 9.59 Å². The summed E-state index contributed by atoms with van der Waals surface area (Å²) in [4.78, 5) is 31.3. The zero-order valence-corrected chi connectivity index (χ0v) is 19.5. The lowest BCUT2D eigenvalue weighted by atomic mass is 9.95. The van der Waals surface area contributed by atoms with Gasteiger partial charge in [0.15, 0.2) is 0 Å². The molecule has 0 radical (unpaired) electrons. The van der Waals surface area contributed by atoms with Gasteiger partial charge in [0.25, 0.3) is 5.56 Å². The van der Waals surface area contributed by atoms with E-state index >= 15 is 0 Å². The molecule has 166 valence electrons. The molecular formula is C22H20Cl3N5O2. The Labute approximate surface area is 199 Å². The highest BCUT2D eigenvalue weighted by Crippen LogP contribution is 2.31. The highest BCUT2D eigenvalue weighted by atomic mass is 35.5. The number of aromatic nitrogens is 3. The van der Waals surface area contributed by atoms with E-state index in [4.69, 9.17) is 34.8 Å². The Morgan fingerprint density at radius 2 is 1.84 bits per heavy atom. The second-order valence-corrected chi connectivity index (χ2v) is 8.82. The zero-order chi connectivity index (χ0) is 22.8. The van der Waals surface area contributed by atoms with Gasteiger partial charge in [-0.25, -0.2) is 4.98 Å². The number of piperidine rings is 1. The summed E-state index contributed by atoms with van der Waals surface area (Å²) in [6.45, 7) is 3.32. The van der Waals surface area contributed by atoms with Gasteiger partial charge in [0, 0.05) is 25.2 Å². The van der Waals surface area contributed by atoms with Gasteiger partial charge in [0.05, 0.1) is 27.6 Å². The standard InChI is InChI=1S/C22H20Cl3N5O2/c1-13-4-7-26-19(10-13)28-21(31)14-5-8-29(9-6-14)18-3-2-15(11-16(18)23)30-22(32)20(25)17(24)12-27-30/h2-4,7,10-12,14H,5-6,8-9H2,1H3,(H,26,28,31). The first kappa shape index (κ1) is 22.6. The van der Waals surface area contributed by atoms with Crippen molar-refractivity contribution in [3.63, 3.8) is 0 Å². The Kier molecular flexibility index (Phi) is 6.69. The summed E-state index contributed by atoms with van der Waals surface area (Å²) in [5.74, 6) is 0.460.